The number of ether oxygens (including phenoxy) is 4. The van der Waals surface area contributed by atoms with E-state index < -0.39 is 123 Å². The van der Waals surface area contributed by atoms with Crippen LogP contribution in [-0.2, 0) is 23.8 Å². The number of aromatic nitrogens is 1. The van der Waals surface area contributed by atoms with Gasteiger partial charge in [0.15, 0.2) is 5.82 Å². The number of phenols is 1. The zero-order valence-electron chi connectivity index (χ0n) is 43.3. The van der Waals surface area contributed by atoms with Crippen LogP contribution in [0.15, 0.2) is 64.6 Å². The van der Waals surface area contributed by atoms with Crippen molar-refractivity contribution in [3.05, 3.63) is 115 Å². The second-order valence-corrected chi connectivity index (χ2v) is 21.2. The van der Waals surface area contributed by atoms with Crippen molar-refractivity contribution in [2.24, 2.45) is 29.4 Å². The van der Waals surface area contributed by atoms with E-state index in [9.17, 15) is 44.4 Å². The molecular formula is C55H62FN5O15. The summed E-state index contributed by atoms with van der Waals surface area (Å²) in [5.74, 6) is -11.4. The summed E-state index contributed by atoms with van der Waals surface area (Å²) in [6.45, 7) is 11.0. The molecule has 21 heteroatoms. The molecule has 20 nitrogen and oxygen atoms in total. The van der Waals surface area contributed by atoms with Gasteiger partial charge in [-0.3, -0.25) is 33.2 Å². The molecule has 0 radical (unpaired) electrons. The minimum absolute atomic E-state index is 0.0122. The maximum Gasteiger partial charge on any atom is 0.341 e. The highest BCUT2D eigenvalue weighted by molar-refractivity contribution is 6.32. The minimum Gasteiger partial charge on any atom is -0.507 e. The van der Waals surface area contributed by atoms with Crippen molar-refractivity contribution >= 4 is 46.4 Å². The normalized spacial score (nSPS) is 30.7. The van der Waals surface area contributed by atoms with Crippen molar-refractivity contribution in [3.63, 3.8) is 0 Å². The molecule has 5 aliphatic heterocycles. The van der Waals surface area contributed by atoms with Crippen molar-refractivity contribution in [1.82, 2.24) is 14.6 Å². The van der Waals surface area contributed by atoms with Crippen molar-refractivity contribution in [2.75, 3.05) is 38.2 Å². The number of esters is 1. The molecule has 3 aromatic rings. The number of phenolic OH excluding ortho intramolecular Hbond substituents is 1. The van der Waals surface area contributed by atoms with Crippen molar-refractivity contribution in [1.29, 1.82) is 0 Å². The fourth-order valence-corrected chi connectivity index (χ4v) is 11.6. The third-order valence-corrected chi connectivity index (χ3v) is 16.0. The molecule has 1 saturated carbocycles. The summed E-state index contributed by atoms with van der Waals surface area (Å²) in [5.41, 5.74) is 4.99. The number of hydrogen-bond acceptors (Lipinski definition) is 17. The zero-order chi connectivity index (χ0) is 55.1. The van der Waals surface area contributed by atoms with E-state index in [0.717, 1.165) is 29.7 Å². The summed E-state index contributed by atoms with van der Waals surface area (Å²) in [4.78, 5) is 101. The SMILES string of the molecule is CO[C@H]1/C=C/O[C@@]2(C)Oc3c(C)c(O)c4c(c3C2=O)C(=O)C(N2CC3CN(c5c(F)cn6c(=O)c(C(=O)O)cc(C7CC7)c6c5C)CC3C2)=C(NC(=O)/C(C)=C\C=C\[C@H](C)[C@H](O)[C@@H](C)[C@@H](O)[C@@H](N)[C@H](OC(C)=O)C1)C4=O. The number of hydrogen-bond donors (Lipinski definition) is 6. The molecule has 2 saturated heterocycles. The number of rotatable bonds is 6. The van der Waals surface area contributed by atoms with E-state index in [1.165, 1.54) is 59.1 Å². The summed E-state index contributed by atoms with van der Waals surface area (Å²) in [6.07, 6.45) is 4.85. The zero-order valence-corrected chi connectivity index (χ0v) is 43.3. The van der Waals surface area contributed by atoms with Crippen LogP contribution in [-0.4, -0.2) is 134 Å². The van der Waals surface area contributed by atoms with Crippen LogP contribution < -0.4 is 26.2 Å². The maximum atomic E-state index is 16.4. The molecule has 10 rings (SSSR count). The van der Waals surface area contributed by atoms with Gasteiger partial charge in [-0.05, 0) is 62.8 Å². The Kier molecular flexibility index (Phi) is 14.2. The van der Waals surface area contributed by atoms with Gasteiger partial charge in [0.1, 0.15) is 34.6 Å². The van der Waals surface area contributed by atoms with E-state index >= 15 is 14.0 Å². The molecule has 10 atom stereocenters. The van der Waals surface area contributed by atoms with Crippen LogP contribution >= 0.6 is 0 Å². The molecule has 3 fully saturated rings. The van der Waals surface area contributed by atoms with Gasteiger partial charge < -0.3 is 60.2 Å². The number of methoxy groups -OCH3 is 1. The lowest BCUT2D eigenvalue weighted by Crippen LogP contribution is -2.52. The molecule has 404 valence electrons. The molecule has 1 amide bonds. The van der Waals surface area contributed by atoms with Crippen molar-refractivity contribution in [3.8, 4) is 11.5 Å². The smallest absolute Gasteiger partial charge is 0.341 e. The Morgan fingerprint density at radius 1 is 0.921 bits per heavy atom. The Balaban J connectivity index is 1.09. The molecule has 1 aromatic carbocycles. The summed E-state index contributed by atoms with van der Waals surface area (Å²) < 4.78 is 40.7. The Morgan fingerprint density at radius 2 is 1.58 bits per heavy atom. The molecule has 5 bridgehead atoms. The highest BCUT2D eigenvalue weighted by Gasteiger charge is 2.54. The number of carboxylic acid groups (broad SMARTS) is 1. The number of fused-ring (bicyclic) bond motifs is 16. The van der Waals surface area contributed by atoms with Crippen LogP contribution in [0.5, 0.6) is 11.5 Å². The molecule has 7 aliphatic rings. The molecule has 2 aliphatic carbocycles. The number of carbonyl (C=O) groups is 6. The number of aliphatic hydroxyl groups is 2. The molecule has 7 N–H and O–H groups in total. The minimum atomic E-state index is -2.19. The second kappa shape index (κ2) is 20.1. The van der Waals surface area contributed by atoms with Gasteiger partial charge in [0.05, 0.1) is 64.7 Å². The Morgan fingerprint density at radius 3 is 2.20 bits per heavy atom. The monoisotopic (exact) mass is 1050 g/mol. The highest BCUT2D eigenvalue weighted by Crippen LogP contribution is 2.50. The van der Waals surface area contributed by atoms with E-state index in [0.29, 0.717) is 16.6 Å². The van der Waals surface area contributed by atoms with E-state index in [1.807, 2.05) is 4.90 Å². The van der Waals surface area contributed by atoms with Gasteiger partial charge in [0.25, 0.3) is 17.2 Å². The topological polar surface area (TPSA) is 286 Å². The summed E-state index contributed by atoms with van der Waals surface area (Å²) in [5, 5.41) is 47.0. The average molecular weight is 1050 g/mol. The molecule has 0 spiro atoms. The number of aliphatic hydroxyl groups excluding tert-OH is 2. The molecule has 7 heterocycles. The quantitative estimate of drug-likeness (QED) is 0.189. The predicted octanol–water partition coefficient (Wildman–Crippen LogP) is 4.11. The van der Waals surface area contributed by atoms with Gasteiger partial charge in [0.2, 0.25) is 11.6 Å². The number of anilines is 1. The molecular weight excluding hydrogens is 990 g/mol. The number of allylic oxidation sites excluding steroid dienone is 4. The molecule has 2 aromatic heterocycles. The van der Waals surface area contributed by atoms with E-state index in [-0.39, 0.29) is 84.2 Å². The third-order valence-electron chi connectivity index (χ3n) is 16.0. The first-order valence-corrected chi connectivity index (χ1v) is 25.3. The predicted molar refractivity (Wildman–Crippen MR) is 271 cm³/mol. The van der Waals surface area contributed by atoms with Crippen LogP contribution in [0.3, 0.4) is 0 Å². The number of nitrogens with zero attached hydrogens (tertiary/aromatic N) is 3. The fourth-order valence-electron chi connectivity index (χ4n) is 11.6. The summed E-state index contributed by atoms with van der Waals surface area (Å²) >= 11 is 0. The third kappa shape index (κ3) is 9.15. The number of aryl methyl sites for hydroxylation is 1. The van der Waals surface area contributed by atoms with Gasteiger partial charge in [-0.1, -0.05) is 32.1 Å². The number of carbonyl (C=O) groups excluding carboxylic acids is 5. The van der Waals surface area contributed by atoms with Crippen LogP contribution in [0.25, 0.3) is 5.52 Å². The highest BCUT2D eigenvalue weighted by atomic mass is 19.1. The largest absolute Gasteiger partial charge is 0.507 e. The van der Waals surface area contributed by atoms with E-state index in [2.05, 4.69) is 5.32 Å². The first-order chi connectivity index (χ1) is 35.9. The number of halogens is 1. The van der Waals surface area contributed by atoms with Crippen molar-refractivity contribution in [2.45, 2.75) is 110 Å². The number of pyridine rings is 2. The van der Waals surface area contributed by atoms with E-state index in [1.54, 1.807) is 31.7 Å². The lowest BCUT2D eigenvalue weighted by atomic mass is 9.82. The lowest BCUT2D eigenvalue weighted by Gasteiger charge is -2.34. The standard InChI is InChI=1S/C55H62FN5O15/c1-23-10-9-11-24(2)52(69)58-41-44(60-20-30-18-59(19-31(30)21-60)43-25(3)42-33(29-12-13-29)17-34(54(71)72)53(70)61(42)22-35(43)56)49(67)37-38(48(41)66)46(64)27(5)50-39(37)51(68)55(7,76-50)74-15-14-32(73-8)16-36(75-28(6)62)40(57)47(65)26(4)45(23)63/h9-11,14-15,17,22-23,26,29-32,36,40,45,47,63-65H,12-13,16,18-21,57H2,1-8H3,(H,58,69)(H,71,72)/b10-9+,15-14+,24-11-/t23-,26+,30?,31?,32-,36+,40-,45-,47+,55-/m0/s1. The van der Waals surface area contributed by atoms with Crippen molar-refractivity contribution < 1.29 is 72.5 Å². The van der Waals surface area contributed by atoms with Gasteiger partial charge in [-0.25, -0.2) is 9.18 Å². The van der Waals surface area contributed by atoms with Crippen LogP contribution in [0.4, 0.5) is 10.1 Å². The first-order valence-electron chi connectivity index (χ1n) is 25.3. The Bertz CT molecular complexity index is 3200. The summed E-state index contributed by atoms with van der Waals surface area (Å²) in [7, 11) is 1.36. The lowest BCUT2D eigenvalue weighted by molar-refractivity contribution is -0.151. The fraction of sp³-hybridized carbons (Fsp3) is 0.473. The van der Waals surface area contributed by atoms with Gasteiger partial charge in [-0.2, -0.15) is 0 Å². The Hall–Kier alpha value is -7.20. The number of carboxylic acids is 1. The second-order valence-electron chi connectivity index (χ2n) is 21.2. The number of ketones is 3. The molecule has 2 unspecified atom stereocenters. The number of amides is 1. The van der Waals surface area contributed by atoms with Crippen LogP contribution in [0.2, 0.25) is 0 Å². The van der Waals surface area contributed by atoms with Crippen LogP contribution in [0.1, 0.15) is 118 Å². The van der Waals surface area contributed by atoms with Gasteiger partial charge in [0, 0.05) is 88.4 Å². The number of likely N-dealkylation sites (tertiary alicyclic amines) is 1. The summed E-state index contributed by atoms with van der Waals surface area (Å²) in [6, 6.07) is 0.177. The van der Waals surface area contributed by atoms with Crippen LogP contribution in [0, 0.1) is 43.3 Å². The van der Waals surface area contributed by atoms with Gasteiger partial charge >= 0.3 is 17.7 Å². The first kappa shape index (κ1) is 53.6. The van der Waals surface area contributed by atoms with E-state index in [4.69, 9.17) is 24.7 Å². The van der Waals surface area contributed by atoms with Gasteiger partial charge in [-0.15, -0.1) is 0 Å². The Labute approximate surface area is 436 Å². The molecule has 76 heavy (non-hydrogen) atoms. The number of nitrogens with one attached hydrogen (secondary N) is 1. The number of Topliss-reactive ketones (excluding diaryl/α,β-unsaturated/α-hetero) is 3. The maximum absolute atomic E-state index is 16.4. The average Bonchev–Trinajstić information content (AvgIpc) is 3.96. The number of nitrogens with two attached hydrogens (primary N) is 1. The number of benzene rings is 1. The number of aromatic hydroxyl groups is 1. The number of aromatic carboxylic acids is 1.